The van der Waals surface area contributed by atoms with Gasteiger partial charge in [-0.05, 0) is 37.6 Å². The van der Waals surface area contributed by atoms with E-state index in [9.17, 15) is 13.2 Å². The second-order valence-electron chi connectivity index (χ2n) is 5.95. The van der Waals surface area contributed by atoms with E-state index in [1.807, 2.05) is 38.1 Å². The molecule has 0 aliphatic carbocycles. The number of aryl methyl sites for hydroxylation is 2. The van der Waals surface area contributed by atoms with Gasteiger partial charge in [0.2, 0.25) is 5.13 Å². The summed E-state index contributed by atoms with van der Waals surface area (Å²) in [6, 6.07) is 14.2. The number of anilines is 2. The van der Waals surface area contributed by atoms with Crippen molar-refractivity contribution in [3.63, 3.8) is 0 Å². The summed E-state index contributed by atoms with van der Waals surface area (Å²) in [7, 11) is -2.41. The first kappa shape index (κ1) is 19.0. The Morgan fingerprint density at radius 3 is 2.37 bits per heavy atom. The van der Waals surface area contributed by atoms with E-state index >= 15 is 0 Å². The molecule has 1 amide bonds. The summed E-state index contributed by atoms with van der Waals surface area (Å²) < 4.78 is 26.6. The number of sulfonamides is 1. The van der Waals surface area contributed by atoms with E-state index < -0.39 is 10.0 Å². The zero-order chi connectivity index (χ0) is 19.6. The monoisotopic (exact) mass is 402 g/mol. The van der Waals surface area contributed by atoms with Gasteiger partial charge in [-0.3, -0.25) is 14.4 Å². The first-order valence-electron chi connectivity index (χ1n) is 8.05. The van der Waals surface area contributed by atoms with Gasteiger partial charge >= 0.3 is 0 Å². The van der Waals surface area contributed by atoms with Gasteiger partial charge in [0.1, 0.15) is 0 Å². The fourth-order valence-electron chi connectivity index (χ4n) is 2.40. The molecule has 0 spiro atoms. The van der Waals surface area contributed by atoms with Crippen LogP contribution >= 0.6 is 11.3 Å². The number of rotatable bonds is 5. The van der Waals surface area contributed by atoms with Crippen molar-refractivity contribution in [3.8, 4) is 0 Å². The maximum Gasteiger partial charge on any atom is 0.293 e. The van der Waals surface area contributed by atoms with Crippen molar-refractivity contribution in [3.05, 3.63) is 65.2 Å². The Morgan fingerprint density at radius 1 is 1.04 bits per heavy atom. The smallest absolute Gasteiger partial charge is 0.293 e. The molecule has 1 N–H and O–H groups in total. The maximum atomic E-state index is 12.8. The van der Waals surface area contributed by atoms with Gasteiger partial charge in [0.05, 0.1) is 5.69 Å². The highest BCUT2D eigenvalue weighted by Gasteiger charge is 2.27. The van der Waals surface area contributed by atoms with Crippen LogP contribution < -0.4 is 9.62 Å². The molecule has 3 aromatic rings. The second kappa shape index (κ2) is 7.45. The molecule has 27 heavy (non-hydrogen) atoms. The number of para-hydroxylation sites is 1. The number of benzene rings is 2. The van der Waals surface area contributed by atoms with Gasteiger partial charge in [-0.15, -0.1) is 10.2 Å². The Bertz CT molecular complexity index is 1080. The average molecular weight is 403 g/mol. The summed E-state index contributed by atoms with van der Waals surface area (Å²) in [5.74, 6) is -0.373. The lowest BCUT2D eigenvalue weighted by Gasteiger charge is -2.19. The minimum absolute atomic E-state index is 0.123. The van der Waals surface area contributed by atoms with Crippen LogP contribution in [-0.4, -0.2) is 31.6 Å². The number of amides is 1. The Kier molecular flexibility index (Phi) is 5.24. The molecule has 1 heterocycles. The average Bonchev–Trinajstić information content (AvgIpc) is 3.11. The van der Waals surface area contributed by atoms with Crippen LogP contribution in [0.3, 0.4) is 0 Å². The van der Waals surface area contributed by atoms with Crippen molar-refractivity contribution in [2.45, 2.75) is 18.2 Å². The number of hydrogen-bond acceptors (Lipinski definition) is 6. The fraction of sp³-hybridized carbons (Fsp3) is 0.167. The normalized spacial score (nSPS) is 11.2. The van der Waals surface area contributed by atoms with Crippen LogP contribution in [0.4, 0.5) is 10.8 Å². The van der Waals surface area contributed by atoms with Gasteiger partial charge < -0.3 is 0 Å². The standard InChI is InChI=1S/C18H18N4O3S2/c1-12-8-10-14(11-9-12)16(23)19-17-20-21-18(26-17)27(24,25)22(3)15-7-5-4-6-13(15)2/h4-11H,1-3H3,(H,19,20,23). The van der Waals surface area contributed by atoms with Gasteiger partial charge in [-0.1, -0.05) is 47.2 Å². The predicted molar refractivity (Wildman–Crippen MR) is 106 cm³/mol. The van der Waals surface area contributed by atoms with E-state index in [2.05, 4.69) is 15.5 Å². The van der Waals surface area contributed by atoms with Crippen molar-refractivity contribution in [1.82, 2.24) is 10.2 Å². The molecule has 0 atom stereocenters. The number of hydrogen-bond donors (Lipinski definition) is 1. The largest absolute Gasteiger partial charge is 0.296 e. The maximum absolute atomic E-state index is 12.8. The number of carbonyl (C=O) groups is 1. The molecule has 3 rings (SSSR count). The lowest BCUT2D eigenvalue weighted by atomic mass is 10.1. The third kappa shape index (κ3) is 3.99. The molecule has 0 bridgehead atoms. The Morgan fingerprint density at radius 2 is 1.70 bits per heavy atom. The van der Waals surface area contributed by atoms with E-state index in [1.54, 1.807) is 24.3 Å². The summed E-state index contributed by atoms with van der Waals surface area (Å²) in [6.07, 6.45) is 0. The van der Waals surface area contributed by atoms with Crippen LogP contribution in [-0.2, 0) is 10.0 Å². The molecule has 0 saturated heterocycles. The third-order valence-corrected chi connectivity index (χ3v) is 6.93. The van der Waals surface area contributed by atoms with E-state index in [0.29, 0.717) is 11.3 Å². The first-order chi connectivity index (χ1) is 12.8. The molecule has 0 radical (unpaired) electrons. The highest BCUT2D eigenvalue weighted by atomic mass is 32.2. The molecule has 0 saturated carbocycles. The van der Waals surface area contributed by atoms with Gasteiger partial charge in [0.25, 0.3) is 20.3 Å². The van der Waals surface area contributed by atoms with Gasteiger partial charge in [-0.2, -0.15) is 8.42 Å². The molecule has 140 valence electrons. The molecule has 1 aromatic heterocycles. The minimum Gasteiger partial charge on any atom is -0.296 e. The lowest BCUT2D eigenvalue weighted by molar-refractivity contribution is 0.102. The highest BCUT2D eigenvalue weighted by molar-refractivity contribution is 7.94. The number of aromatic nitrogens is 2. The summed E-state index contributed by atoms with van der Waals surface area (Å²) in [5, 5.41) is 10.2. The van der Waals surface area contributed by atoms with Crippen molar-refractivity contribution in [2.75, 3.05) is 16.7 Å². The van der Waals surface area contributed by atoms with Crippen LogP contribution in [0.1, 0.15) is 21.5 Å². The molecule has 9 heteroatoms. The zero-order valence-electron chi connectivity index (χ0n) is 15.0. The highest BCUT2D eigenvalue weighted by Crippen LogP contribution is 2.28. The van der Waals surface area contributed by atoms with Crippen LogP contribution in [0, 0.1) is 13.8 Å². The second-order valence-corrected chi connectivity index (χ2v) is 9.07. The zero-order valence-corrected chi connectivity index (χ0v) is 16.6. The van der Waals surface area contributed by atoms with E-state index in [4.69, 9.17) is 0 Å². The fourth-order valence-corrected chi connectivity index (χ4v) is 4.71. The summed E-state index contributed by atoms with van der Waals surface area (Å²) in [5.41, 5.74) is 2.87. The first-order valence-corrected chi connectivity index (χ1v) is 10.3. The number of nitrogens with zero attached hydrogens (tertiary/aromatic N) is 3. The Hall–Kier alpha value is -2.78. The quantitative estimate of drug-likeness (QED) is 0.662. The summed E-state index contributed by atoms with van der Waals surface area (Å²) >= 11 is 0.811. The number of nitrogens with one attached hydrogen (secondary N) is 1. The van der Waals surface area contributed by atoms with Crippen molar-refractivity contribution in [1.29, 1.82) is 0 Å². The molecule has 0 aliphatic heterocycles. The van der Waals surface area contributed by atoms with Crippen molar-refractivity contribution in [2.24, 2.45) is 0 Å². The van der Waals surface area contributed by atoms with Gasteiger partial charge in [0, 0.05) is 12.6 Å². The molecule has 0 fully saturated rings. The minimum atomic E-state index is -3.87. The molecule has 2 aromatic carbocycles. The van der Waals surface area contributed by atoms with Crippen LogP contribution in [0.2, 0.25) is 0 Å². The van der Waals surface area contributed by atoms with Crippen LogP contribution in [0.15, 0.2) is 52.9 Å². The van der Waals surface area contributed by atoms with E-state index in [0.717, 1.165) is 26.8 Å². The predicted octanol–water partition coefficient (Wildman–Crippen LogP) is 3.23. The topological polar surface area (TPSA) is 92.3 Å². The third-order valence-electron chi connectivity index (χ3n) is 3.98. The summed E-state index contributed by atoms with van der Waals surface area (Å²) in [4.78, 5) is 12.3. The van der Waals surface area contributed by atoms with Crippen molar-refractivity contribution >= 4 is 38.1 Å². The molecule has 0 unspecified atom stereocenters. The number of carbonyl (C=O) groups excluding carboxylic acids is 1. The van der Waals surface area contributed by atoms with Crippen LogP contribution in [0.5, 0.6) is 0 Å². The van der Waals surface area contributed by atoms with Gasteiger partial charge in [0.15, 0.2) is 0 Å². The van der Waals surface area contributed by atoms with Gasteiger partial charge in [-0.25, -0.2) is 0 Å². The Labute approximate surface area is 161 Å². The molecular weight excluding hydrogens is 384 g/mol. The molecule has 7 nitrogen and oxygen atoms in total. The lowest BCUT2D eigenvalue weighted by Crippen LogP contribution is -2.27. The molecule has 0 aliphatic rings. The van der Waals surface area contributed by atoms with E-state index in [-0.39, 0.29) is 15.4 Å². The molecular formula is C18H18N4O3S2. The summed E-state index contributed by atoms with van der Waals surface area (Å²) in [6.45, 7) is 3.75. The van der Waals surface area contributed by atoms with Crippen molar-refractivity contribution < 1.29 is 13.2 Å². The Balaban J connectivity index is 1.81. The van der Waals surface area contributed by atoms with Crippen LogP contribution in [0.25, 0.3) is 0 Å². The van der Waals surface area contributed by atoms with E-state index in [1.165, 1.54) is 7.05 Å². The SMILES string of the molecule is Cc1ccc(C(=O)Nc2nnc(S(=O)(=O)N(C)c3ccccc3C)s2)cc1.